The topological polar surface area (TPSA) is 97.6 Å². The van der Waals surface area contributed by atoms with Gasteiger partial charge in [-0.15, -0.1) is 0 Å². The fourth-order valence-electron chi connectivity index (χ4n) is 2.40. The van der Waals surface area contributed by atoms with Crippen molar-refractivity contribution in [2.45, 2.75) is 51.2 Å². The van der Waals surface area contributed by atoms with Crippen LogP contribution in [0.5, 0.6) is 0 Å². The summed E-state index contributed by atoms with van der Waals surface area (Å²) in [6.07, 6.45) is -5.20. The van der Waals surface area contributed by atoms with Crippen molar-refractivity contribution in [2.24, 2.45) is 4.99 Å². The maximum absolute atomic E-state index is 11.1. The molecule has 24 heavy (non-hydrogen) atoms. The summed E-state index contributed by atoms with van der Waals surface area (Å²) in [5, 5.41) is 22.5. The van der Waals surface area contributed by atoms with Crippen molar-refractivity contribution in [1.29, 1.82) is 0 Å². The molecular weight excluding hydrogens is 334 g/mol. The minimum absolute atomic E-state index is 0.168. The SMILES string of the molecule is CC(=O)O[C@@H]1[C@@H](O)[C@@H](O)[C@H](OCc2ccc(N=C=S)cc2)O[C@H]1C. The number of hydrogen-bond acceptors (Lipinski definition) is 8. The van der Waals surface area contributed by atoms with Crippen molar-refractivity contribution in [3.8, 4) is 0 Å². The van der Waals surface area contributed by atoms with Gasteiger partial charge in [0.1, 0.15) is 12.2 Å². The maximum atomic E-state index is 11.1. The lowest BCUT2D eigenvalue weighted by atomic mass is 9.99. The number of rotatable bonds is 5. The Morgan fingerprint density at radius 1 is 1.33 bits per heavy atom. The standard InChI is InChI=1S/C16H19NO6S/c1-9-15(23-10(2)18)13(19)14(20)16(22-9)21-7-11-3-5-12(6-4-11)17-8-24/h3-6,9,13-16,19-20H,7H2,1-2H3/t9-,13-,14+,15-,16+/m0/s1. The van der Waals surface area contributed by atoms with Gasteiger partial charge in [0.15, 0.2) is 12.4 Å². The lowest BCUT2D eigenvalue weighted by Gasteiger charge is -2.40. The Morgan fingerprint density at radius 3 is 2.58 bits per heavy atom. The summed E-state index contributed by atoms with van der Waals surface area (Å²) in [7, 11) is 0. The lowest BCUT2D eigenvalue weighted by Crippen LogP contribution is -2.58. The molecule has 5 atom stereocenters. The van der Waals surface area contributed by atoms with Gasteiger partial charge in [-0.25, -0.2) is 0 Å². The molecule has 0 saturated carbocycles. The first kappa shape index (κ1) is 18.7. The molecule has 1 saturated heterocycles. The number of aliphatic hydroxyl groups excluding tert-OH is 2. The average molecular weight is 353 g/mol. The van der Waals surface area contributed by atoms with E-state index in [0.29, 0.717) is 5.69 Å². The van der Waals surface area contributed by atoms with Crippen molar-refractivity contribution in [2.75, 3.05) is 0 Å². The summed E-state index contributed by atoms with van der Waals surface area (Å²) in [4.78, 5) is 14.9. The fourth-order valence-corrected chi connectivity index (χ4v) is 2.50. The number of carbonyl (C=O) groups is 1. The molecule has 0 spiro atoms. The Labute approximate surface area is 144 Å². The van der Waals surface area contributed by atoms with Crippen LogP contribution in [0.15, 0.2) is 29.3 Å². The largest absolute Gasteiger partial charge is 0.457 e. The van der Waals surface area contributed by atoms with Crippen molar-refractivity contribution < 1.29 is 29.2 Å². The van der Waals surface area contributed by atoms with E-state index in [4.69, 9.17) is 14.2 Å². The number of aliphatic imine (C=N–C) groups is 1. The highest BCUT2D eigenvalue weighted by Gasteiger charge is 2.45. The molecule has 1 aromatic carbocycles. The second-order valence-electron chi connectivity index (χ2n) is 5.45. The number of esters is 1. The molecule has 1 fully saturated rings. The summed E-state index contributed by atoms with van der Waals surface area (Å²) in [5.74, 6) is -0.555. The van der Waals surface area contributed by atoms with Crippen LogP contribution in [0.25, 0.3) is 0 Å². The van der Waals surface area contributed by atoms with Gasteiger partial charge in [0.05, 0.1) is 23.6 Å². The van der Waals surface area contributed by atoms with E-state index in [1.54, 1.807) is 31.2 Å². The van der Waals surface area contributed by atoms with E-state index in [-0.39, 0.29) is 6.61 Å². The van der Waals surface area contributed by atoms with E-state index in [1.807, 2.05) is 0 Å². The molecule has 0 aliphatic carbocycles. The number of aliphatic hydroxyl groups is 2. The van der Waals surface area contributed by atoms with Crippen LogP contribution in [0.3, 0.4) is 0 Å². The number of carbonyl (C=O) groups excluding carboxylic acids is 1. The van der Waals surface area contributed by atoms with E-state index >= 15 is 0 Å². The number of benzene rings is 1. The van der Waals surface area contributed by atoms with E-state index in [0.717, 1.165) is 5.56 Å². The van der Waals surface area contributed by atoms with Crippen LogP contribution < -0.4 is 0 Å². The maximum Gasteiger partial charge on any atom is 0.303 e. The van der Waals surface area contributed by atoms with Crippen LogP contribution in [0.2, 0.25) is 0 Å². The number of ether oxygens (including phenoxy) is 3. The number of isothiocyanates is 1. The highest BCUT2D eigenvalue weighted by atomic mass is 32.1. The predicted molar refractivity (Wildman–Crippen MR) is 87.8 cm³/mol. The Balaban J connectivity index is 1.95. The molecule has 0 radical (unpaired) electrons. The molecule has 1 heterocycles. The molecule has 2 N–H and O–H groups in total. The molecule has 0 unspecified atom stereocenters. The molecule has 2 rings (SSSR count). The van der Waals surface area contributed by atoms with Crippen molar-refractivity contribution in [3.63, 3.8) is 0 Å². The van der Waals surface area contributed by atoms with Gasteiger partial charge in [0.2, 0.25) is 0 Å². The Hall–Kier alpha value is -1.67. The molecule has 1 aliphatic rings. The van der Waals surface area contributed by atoms with Crippen LogP contribution in [0.1, 0.15) is 19.4 Å². The third-order valence-corrected chi connectivity index (χ3v) is 3.70. The number of thiocarbonyl (C=S) groups is 1. The van der Waals surface area contributed by atoms with E-state index < -0.39 is 36.7 Å². The zero-order chi connectivity index (χ0) is 17.7. The van der Waals surface area contributed by atoms with Gasteiger partial charge in [0, 0.05) is 6.92 Å². The molecule has 0 amide bonds. The fraction of sp³-hybridized carbons (Fsp3) is 0.500. The van der Waals surface area contributed by atoms with Crippen LogP contribution in [0.4, 0.5) is 5.69 Å². The van der Waals surface area contributed by atoms with Gasteiger partial charge in [-0.1, -0.05) is 12.1 Å². The minimum atomic E-state index is -1.33. The summed E-state index contributed by atoms with van der Waals surface area (Å²) in [5.41, 5.74) is 1.51. The van der Waals surface area contributed by atoms with Crippen molar-refractivity contribution in [3.05, 3.63) is 29.8 Å². The second-order valence-corrected chi connectivity index (χ2v) is 5.63. The summed E-state index contributed by atoms with van der Waals surface area (Å²) >= 11 is 4.53. The smallest absolute Gasteiger partial charge is 0.303 e. The van der Waals surface area contributed by atoms with Crippen LogP contribution >= 0.6 is 12.2 Å². The third kappa shape index (κ3) is 4.67. The monoisotopic (exact) mass is 353 g/mol. The van der Waals surface area contributed by atoms with Crippen molar-refractivity contribution in [1.82, 2.24) is 0 Å². The molecule has 1 aromatic rings. The van der Waals surface area contributed by atoms with Gasteiger partial charge in [-0.2, -0.15) is 4.99 Å². The van der Waals surface area contributed by atoms with Crippen molar-refractivity contribution >= 4 is 29.0 Å². The van der Waals surface area contributed by atoms with Crippen LogP contribution in [0, 0.1) is 0 Å². The molecule has 1 aliphatic heterocycles. The van der Waals surface area contributed by atoms with E-state index in [2.05, 4.69) is 22.4 Å². The summed E-state index contributed by atoms with van der Waals surface area (Å²) in [6.45, 7) is 3.03. The molecule has 7 nitrogen and oxygen atoms in total. The Morgan fingerprint density at radius 2 is 2.00 bits per heavy atom. The normalized spacial score (nSPS) is 29.6. The predicted octanol–water partition coefficient (Wildman–Crippen LogP) is 1.34. The first-order valence-electron chi connectivity index (χ1n) is 7.39. The number of hydrogen-bond donors (Lipinski definition) is 2. The first-order chi connectivity index (χ1) is 11.4. The molecular formula is C16H19NO6S. The van der Waals surface area contributed by atoms with Gasteiger partial charge in [-0.05, 0) is 36.8 Å². The average Bonchev–Trinajstić information content (AvgIpc) is 2.55. The Kier molecular flexibility index (Phi) is 6.56. The summed E-state index contributed by atoms with van der Waals surface area (Å²) in [6, 6.07) is 7.10. The zero-order valence-electron chi connectivity index (χ0n) is 13.3. The highest BCUT2D eigenvalue weighted by molar-refractivity contribution is 7.78. The highest BCUT2D eigenvalue weighted by Crippen LogP contribution is 2.25. The molecule has 0 bridgehead atoms. The third-order valence-electron chi connectivity index (χ3n) is 3.60. The van der Waals surface area contributed by atoms with Crippen LogP contribution in [-0.2, 0) is 25.6 Å². The number of nitrogens with zero attached hydrogens (tertiary/aromatic N) is 1. The van der Waals surface area contributed by atoms with Gasteiger partial charge in [-0.3, -0.25) is 4.79 Å². The quantitative estimate of drug-likeness (QED) is 0.468. The van der Waals surface area contributed by atoms with Gasteiger partial charge in [0.25, 0.3) is 0 Å². The van der Waals surface area contributed by atoms with Gasteiger partial charge < -0.3 is 24.4 Å². The molecule has 130 valence electrons. The minimum Gasteiger partial charge on any atom is -0.457 e. The molecule has 8 heteroatoms. The zero-order valence-corrected chi connectivity index (χ0v) is 14.1. The second kappa shape index (κ2) is 8.43. The summed E-state index contributed by atoms with van der Waals surface area (Å²) < 4.78 is 16.0. The molecule has 0 aromatic heterocycles. The first-order valence-corrected chi connectivity index (χ1v) is 7.80. The van der Waals surface area contributed by atoms with E-state index in [9.17, 15) is 15.0 Å². The van der Waals surface area contributed by atoms with E-state index in [1.165, 1.54) is 6.92 Å². The van der Waals surface area contributed by atoms with Gasteiger partial charge >= 0.3 is 5.97 Å². The van der Waals surface area contributed by atoms with Crippen LogP contribution in [-0.4, -0.2) is 52.0 Å². The Bertz CT molecular complexity index is 615. The lowest BCUT2D eigenvalue weighted by molar-refractivity contribution is -0.298.